The van der Waals surface area contributed by atoms with Crippen molar-refractivity contribution < 1.29 is 19.1 Å². The minimum absolute atomic E-state index is 0.139. The molecular formula is C20H22N2O4. The van der Waals surface area contributed by atoms with E-state index in [-0.39, 0.29) is 18.6 Å². The number of rotatable bonds is 7. The summed E-state index contributed by atoms with van der Waals surface area (Å²) in [4.78, 5) is 24.2. The van der Waals surface area contributed by atoms with E-state index >= 15 is 0 Å². The molecule has 2 aromatic rings. The van der Waals surface area contributed by atoms with Crippen LogP contribution in [0.4, 0.5) is 0 Å². The summed E-state index contributed by atoms with van der Waals surface area (Å²) in [6, 6.07) is 14.7. The number of aryl methyl sites for hydroxylation is 1. The molecule has 0 bridgehead atoms. The second-order valence-corrected chi connectivity index (χ2v) is 6.18. The number of carbonyl (C=O) groups excluding carboxylic acids is 2. The molecular weight excluding hydrogens is 332 g/mol. The Morgan fingerprint density at radius 1 is 1.04 bits per heavy atom. The minimum Gasteiger partial charge on any atom is -0.454 e. The third kappa shape index (κ3) is 4.75. The smallest absolute Gasteiger partial charge is 0.242 e. The zero-order valence-corrected chi connectivity index (χ0v) is 14.7. The lowest BCUT2D eigenvalue weighted by atomic mass is 10.1. The Kier molecular flexibility index (Phi) is 5.73. The molecule has 6 heteroatoms. The van der Waals surface area contributed by atoms with Crippen LogP contribution in [-0.4, -0.2) is 24.6 Å². The second-order valence-electron chi connectivity index (χ2n) is 6.18. The summed E-state index contributed by atoms with van der Waals surface area (Å²) in [5.74, 6) is 1.02. The predicted molar refractivity (Wildman–Crippen MR) is 96.8 cm³/mol. The van der Waals surface area contributed by atoms with Crippen LogP contribution in [-0.2, 0) is 22.6 Å². The normalized spacial score (nSPS) is 13.1. The summed E-state index contributed by atoms with van der Waals surface area (Å²) in [6.45, 7) is 2.26. The van der Waals surface area contributed by atoms with E-state index in [0.29, 0.717) is 30.9 Å². The number of carbonyl (C=O) groups is 2. The molecule has 2 N–H and O–H groups in total. The summed E-state index contributed by atoms with van der Waals surface area (Å²) < 4.78 is 10.6. The fraction of sp³-hybridized carbons (Fsp3) is 0.300. The molecule has 1 aliphatic rings. The third-order valence-corrected chi connectivity index (χ3v) is 4.16. The lowest BCUT2D eigenvalue weighted by Gasteiger charge is -2.14. The van der Waals surface area contributed by atoms with E-state index in [1.165, 1.54) is 0 Å². The van der Waals surface area contributed by atoms with Gasteiger partial charge in [-0.3, -0.25) is 9.59 Å². The molecule has 0 fully saturated rings. The van der Waals surface area contributed by atoms with E-state index in [1.807, 2.05) is 48.5 Å². The summed E-state index contributed by atoms with van der Waals surface area (Å²) in [7, 11) is 0. The zero-order chi connectivity index (χ0) is 18.4. The molecule has 0 saturated heterocycles. The van der Waals surface area contributed by atoms with Crippen molar-refractivity contribution in [1.82, 2.24) is 10.6 Å². The van der Waals surface area contributed by atoms with Gasteiger partial charge in [0, 0.05) is 13.0 Å². The van der Waals surface area contributed by atoms with Gasteiger partial charge in [-0.25, -0.2) is 0 Å². The number of hydrogen-bond donors (Lipinski definition) is 2. The highest BCUT2D eigenvalue weighted by Gasteiger charge is 2.17. The van der Waals surface area contributed by atoms with Crippen LogP contribution >= 0.6 is 0 Å². The fourth-order valence-corrected chi connectivity index (χ4v) is 2.67. The molecule has 6 nitrogen and oxygen atoms in total. The molecule has 136 valence electrons. The third-order valence-electron chi connectivity index (χ3n) is 4.16. The fourth-order valence-electron chi connectivity index (χ4n) is 2.67. The van der Waals surface area contributed by atoms with E-state index in [2.05, 4.69) is 10.6 Å². The van der Waals surface area contributed by atoms with Gasteiger partial charge in [0.1, 0.15) is 6.04 Å². The molecule has 0 saturated carbocycles. The van der Waals surface area contributed by atoms with Gasteiger partial charge in [-0.15, -0.1) is 0 Å². The molecule has 2 aromatic carbocycles. The maximum atomic E-state index is 12.2. The minimum atomic E-state index is -0.590. The average molecular weight is 354 g/mol. The summed E-state index contributed by atoms with van der Waals surface area (Å²) >= 11 is 0. The first-order chi connectivity index (χ1) is 12.6. The first-order valence-corrected chi connectivity index (χ1v) is 8.61. The molecule has 1 heterocycles. The van der Waals surface area contributed by atoms with Crippen molar-refractivity contribution in [3.63, 3.8) is 0 Å². The van der Waals surface area contributed by atoms with E-state index < -0.39 is 6.04 Å². The van der Waals surface area contributed by atoms with E-state index in [4.69, 9.17) is 9.47 Å². The van der Waals surface area contributed by atoms with Gasteiger partial charge in [0.2, 0.25) is 18.6 Å². The van der Waals surface area contributed by atoms with Crippen molar-refractivity contribution in [2.45, 2.75) is 32.4 Å². The van der Waals surface area contributed by atoms with Gasteiger partial charge in [0.25, 0.3) is 0 Å². The van der Waals surface area contributed by atoms with Crippen molar-refractivity contribution >= 4 is 11.8 Å². The van der Waals surface area contributed by atoms with Crippen LogP contribution < -0.4 is 20.1 Å². The molecule has 0 aromatic heterocycles. The van der Waals surface area contributed by atoms with Crippen LogP contribution in [0.25, 0.3) is 0 Å². The molecule has 2 amide bonds. The van der Waals surface area contributed by atoms with Crippen LogP contribution in [0.3, 0.4) is 0 Å². The monoisotopic (exact) mass is 354 g/mol. The highest BCUT2D eigenvalue weighted by Crippen LogP contribution is 2.32. The Morgan fingerprint density at radius 3 is 2.62 bits per heavy atom. The maximum absolute atomic E-state index is 12.2. The van der Waals surface area contributed by atoms with Gasteiger partial charge in [0.05, 0.1) is 0 Å². The van der Waals surface area contributed by atoms with Gasteiger partial charge in [-0.05, 0) is 36.6 Å². The summed E-state index contributed by atoms with van der Waals surface area (Å²) in [6.07, 6.45) is 1.00. The average Bonchev–Trinajstić information content (AvgIpc) is 3.13. The molecule has 0 unspecified atom stereocenters. The Hall–Kier alpha value is -3.02. The highest BCUT2D eigenvalue weighted by atomic mass is 16.7. The van der Waals surface area contributed by atoms with Crippen LogP contribution in [0.5, 0.6) is 11.5 Å². The van der Waals surface area contributed by atoms with Gasteiger partial charge in [-0.1, -0.05) is 36.4 Å². The number of amides is 2. The first kappa shape index (κ1) is 17.8. The van der Waals surface area contributed by atoms with Crippen LogP contribution in [0, 0.1) is 0 Å². The van der Waals surface area contributed by atoms with E-state index in [0.717, 1.165) is 11.1 Å². The maximum Gasteiger partial charge on any atom is 0.242 e. The molecule has 1 aliphatic heterocycles. The highest BCUT2D eigenvalue weighted by molar-refractivity contribution is 5.87. The van der Waals surface area contributed by atoms with Crippen molar-refractivity contribution in [3.05, 3.63) is 59.7 Å². The number of hydrogen-bond acceptors (Lipinski definition) is 4. The molecule has 26 heavy (non-hydrogen) atoms. The van der Waals surface area contributed by atoms with Gasteiger partial charge >= 0.3 is 0 Å². The molecule has 3 rings (SSSR count). The molecule has 1 atom stereocenters. The van der Waals surface area contributed by atoms with Crippen molar-refractivity contribution in [2.24, 2.45) is 0 Å². The molecule has 0 radical (unpaired) electrons. The zero-order valence-electron chi connectivity index (χ0n) is 14.7. The molecule has 0 aliphatic carbocycles. The van der Waals surface area contributed by atoms with Crippen LogP contribution in [0.2, 0.25) is 0 Å². The first-order valence-electron chi connectivity index (χ1n) is 8.61. The number of benzene rings is 2. The summed E-state index contributed by atoms with van der Waals surface area (Å²) in [5.41, 5.74) is 2.01. The number of ether oxygens (including phenoxy) is 2. The standard InChI is InChI=1S/C20H22N2O4/c1-14(22-19(23)10-8-15-5-3-2-4-6-15)20(24)21-12-16-7-9-17-18(11-16)26-13-25-17/h2-7,9,11,14H,8,10,12-13H2,1H3,(H,21,24)(H,22,23)/t14-/m1/s1. The quantitative estimate of drug-likeness (QED) is 0.799. The largest absolute Gasteiger partial charge is 0.454 e. The lowest BCUT2D eigenvalue weighted by molar-refractivity contribution is -0.128. The van der Waals surface area contributed by atoms with Crippen molar-refractivity contribution in [3.8, 4) is 11.5 Å². The SMILES string of the molecule is C[C@@H](NC(=O)CCc1ccccc1)C(=O)NCc1ccc2c(c1)OCO2. The van der Waals surface area contributed by atoms with E-state index in [9.17, 15) is 9.59 Å². The van der Waals surface area contributed by atoms with Gasteiger partial charge < -0.3 is 20.1 Å². The Morgan fingerprint density at radius 2 is 1.81 bits per heavy atom. The van der Waals surface area contributed by atoms with Gasteiger partial charge in [-0.2, -0.15) is 0 Å². The lowest BCUT2D eigenvalue weighted by Crippen LogP contribution is -2.44. The topological polar surface area (TPSA) is 76.7 Å². The second kappa shape index (κ2) is 8.38. The number of fused-ring (bicyclic) bond motifs is 1. The summed E-state index contributed by atoms with van der Waals surface area (Å²) in [5, 5.41) is 5.55. The predicted octanol–water partition coefficient (Wildman–Crippen LogP) is 2.17. The van der Waals surface area contributed by atoms with Gasteiger partial charge in [0.15, 0.2) is 11.5 Å². The Labute approximate surface area is 152 Å². The molecule has 0 spiro atoms. The Balaban J connectivity index is 1.42. The number of nitrogens with one attached hydrogen (secondary N) is 2. The van der Waals surface area contributed by atoms with Crippen molar-refractivity contribution in [1.29, 1.82) is 0 Å². The van der Waals surface area contributed by atoms with Crippen LogP contribution in [0.15, 0.2) is 48.5 Å². The van der Waals surface area contributed by atoms with Crippen molar-refractivity contribution in [2.75, 3.05) is 6.79 Å². The Bertz CT molecular complexity index is 777. The van der Waals surface area contributed by atoms with Crippen LogP contribution in [0.1, 0.15) is 24.5 Å². The van der Waals surface area contributed by atoms with E-state index in [1.54, 1.807) is 6.92 Å².